The lowest BCUT2D eigenvalue weighted by molar-refractivity contribution is -0.121. The Morgan fingerprint density at radius 1 is 1.00 bits per heavy atom. The van der Waals surface area contributed by atoms with Gasteiger partial charge in [-0.25, -0.2) is 4.39 Å². The summed E-state index contributed by atoms with van der Waals surface area (Å²) in [5.41, 5.74) is 6.59. The first-order valence-electron chi connectivity index (χ1n) is 8.63. The van der Waals surface area contributed by atoms with Gasteiger partial charge in [0.1, 0.15) is 11.6 Å². The van der Waals surface area contributed by atoms with Crippen LogP contribution in [-0.4, -0.2) is 18.9 Å². The van der Waals surface area contributed by atoms with Gasteiger partial charge in [-0.15, -0.1) is 11.3 Å². The van der Waals surface area contributed by atoms with Gasteiger partial charge in [0, 0.05) is 11.3 Å². The minimum absolute atomic E-state index is 0.214. The predicted molar refractivity (Wildman–Crippen MR) is 107 cm³/mol. The van der Waals surface area contributed by atoms with Crippen molar-refractivity contribution < 1.29 is 18.7 Å². The van der Waals surface area contributed by atoms with Crippen LogP contribution in [0, 0.1) is 5.82 Å². The highest BCUT2D eigenvalue weighted by atomic mass is 32.1. The molecule has 0 aliphatic carbocycles. The highest BCUT2D eigenvalue weighted by molar-refractivity contribution is 7.17. The molecule has 144 valence electrons. The number of hydrazine groups is 1. The second-order valence-electron chi connectivity index (χ2n) is 5.98. The van der Waals surface area contributed by atoms with Crippen molar-refractivity contribution in [3.63, 3.8) is 0 Å². The monoisotopic (exact) mass is 398 g/mol. The summed E-state index contributed by atoms with van der Waals surface area (Å²) in [5.74, 6) is -0.279. The van der Waals surface area contributed by atoms with E-state index in [4.69, 9.17) is 4.74 Å². The molecule has 1 heterocycles. The average Bonchev–Trinajstić information content (AvgIpc) is 3.21. The van der Waals surface area contributed by atoms with Crippen LogP contribution in [0.5, 0.6) is 5.75 Å². The van der Waals surface area contributed by atoms with E-state index in [1.807, 2.05) is 24.3 Å². The standard InChI is InChI=1S/C21H19FN2O3S/c1-27-17-5-3-2-4-14(17)8-13-20(25)23-24-21(26)19-12-11-18(28-19)15-6-9-16(22)10-7-15/h2-7,9-12H,8,13H2,1H3,(H,23,25)(H,24,26). The van der Waals surface area contributed by atoms with Gasteiger partial charge in [-0.3, -0.25) is 20.4 Å². The molecule has 0 aliphatic heterocycles. The van der Waals surface area contributed by atoms with Crippen LogP contribution in [0.1, 0.15) is 21.7 Å². The lowest BCUT2D eigenvalue weighted by Gasteiger charge is -2.09. The summed E-state index contributed by atoms with van der Waals surface area (Å²) in [6, 6.07) is 17.0. The highest BCUT2D eigenvalue weighted by Crippen LogP contribution is 2.28. The fourth-order valence-corrected chi connectivity index (χ4v) is 3.54. The van der Waals surface area contributed by atoms with Gasteiger partial charge in [-0.1, -0.05) is 30.3 Å². The SMILES string of the molecule is COc1ccccc1CCC(=O)NNC(=O)c1ccc(-c2ccc(F)cc2)s1. The highest BCUT2D eigenvalue weighted by Gasteiger charge is 2.12. The first-order valence-corrected chi connectivity index (χ1v) is 9.45. The molecule has 3 aromatic rings. The van der Waals surface area contributed by atoms with E-state index in [2.05, 4.69) is 10.9 Å². The van der Waals surface area contributed by atoms with Crippen LogP contribution in [0.25, 0.3) is 10.4 Å². The number of aryl methyl sites for hydroxylation is 1. The molecule has 0 saturated carbocycles. The van der Waals surface area contributed by atoms with Gasteiger partial charge in [0.05, 0.1) is 12.0 Å². The number of hydrogen-bond acceptors (Lipinski definition) is 4. The largest absolute Gasteiger partial charge is 0.496 e. The molecule has 0 unspecified atom stereocenters. The molecular formula is C21H19FN2O3S. The number of carbonyl (C=O) groups is 2. The third-order valence-electron chi connectivity index (χ3n) is 4.09. The molecule has 0 fully saturated rings. The Hall–Kier alpha value is -3.19. The van der Waals surface area contributed by atoms with Gasteiger partial charge in [-0.05, 0) is 47.9 Å². The van der Waals surface area contributed by atoms with Crippen LogP contribution >= 0.6 is 11.3 Å². The topological polar surface area (TPSA) is 67.4 Å². The number of thiophene rings is 1. The maximum Gasteiger partial charge on any atom is 0.279 e. The van der Waals surface area contributed by atoms with E-state index in [0.717, 1.165) is 21.8 Å². The Balaban J connectivity index is 1.51. The van der Waals surface area contributed by atoms with E-state index in [0.29, 0.717) is 11.3 Å². The number of methoxy groups -OCH3 is 1. The molecule has 0 aliphatic rings. The molecule has 2 N–H and O–H groups in total. The van der Waals surface area contributed by atoms with Crippen molar-refractivity contribution in [3.8, 4) is 16.2 Å². The van der Waals surface area contributed by atoms with Crippen LogP contribution in [-0.2, 0) is 11.2 Å². The summed E-state index contributed by atoms with van der Waals surface area (Å²) in [5, 5.41) is 0. The van der Waals surface area contributed by atoms with Crippen LogP contribution in [0.3, 0.4) is 0 Å². The number of para-hydroxylation sites is 1. The maximum atomic E-state index is 13.0. The second-order valence-corrected chi connectivity index (χ2v) is 7.07. The van der Waals surface area contributed by atoms with E-state index in [1.54, 1.807) is 31.4 Å². The van der Waals surface area contributed by atoms with Crippen molar-refractivity contribution in [1.82, 2.24) is 10.9 Å². The number of benzene rings is 2. The summed E-state index contributed by atoms with van der Waals surface area (Å²) >= 11 is 1.26. The zero-order chi connectivity index (χ0) is 19.9. The Bertz CT molecular complexity index is 970. The molecule has 0 radical (unpaired) electrons. The van der Waals surface area contributed by atoms with Gasteiger partial charge >= 0.3 is 0 Å². The summed E-state index contributed by atoms with van der Waals surface area (Å²) < 4.78 is 18.3. The minimum Gasteiger partial charge on any atom is -0.496 e. The molecule has 0 atom stereocenters. The molecule has 2 amide bonds. The van der Waals surface area contributed by atoms with Crippen LogP contribution < -0.4 is 15.6 Å². The fraction of sp³-hybridized carbons (Fsp3) is 0.143. The lowest BCUT2D eigenvalue weighted by atomic mass is 10.1. The number of nitrogens with one attached hydrogen (secondary N) is 2. The van der Waals surface area contributed by atoms with Crippen molar-refractivity contribution in [2.45, 2.75) is 12.8 Å². The molecule has 5 nitrogen and oxygen atoms in total. The number of ether oxygens (including phenoxy) is 1. The third-order valence-corrected chi connectivity index (χ3v) is 5.22. The zero-order valence-corrected chi connectivity index (χ0v) is 16.0. The number of hydrogen-bond donors (Lipinski definition) is 2. The van der Waals surface area contributed by atoms with E-state index < -0.39 is 5.91 Å². The minimum atomic E-state index is -0.399. The lowest BCUT2D eigenvalue weighted by Crippen LogP contribution is -2.41. The van der Waals surface area contributed by atoms with E-state index in [-0.39, 0.29) is 18.1 Å². The number of amides is 2. The second kappa shape index (κ2) is 9.14. The molecule has 0 spiro atoms. The normalized spacial score (nSPS) is 10.4. The van der Waals surface area contributed by atoms with Crippen molar-refractivity contribution in [2.75, 3.05) is 7.11 Å². The molecule has 0 saturated heterocycles. The average molecular weight is 398 g/mol. The third kappa shape index (κ3) is 4.95. The zero-order valence-electron chi connectivity index (χ0n) is 15.2. The van der Waals surface area contributed by atoms with Crippen LogP contribution in [0.2, 0.25) is 0 Å². The van der Waals surface area contributed by atoms with Crippen molar-refractivity contribution in [2.24, 2.45) is 0 Å². The maximum absolute atomic E-state index is 13.0. The van der Waals surface area contributed by atoms with Gasteiger partial charge in [-0.2, -0.15) is 0 Å². The molecule has 3 rings (SSSR count). The molecular weight excluding hydrogens is 379 g/mol. The summed E-state index contributed by atoms with van der Waals surface area (Å²) in [4.78, 5) is 25.5. The molecule has 2 aromatic carbocycles. The smallest absolute Gasteiger partial charge is 0.279 e. The van der Waals surface area contributed by atoms with Crippen LogP contribution in [0.4, 0.5) is 4.39 Å². The fourth-order valence-electron chi connectivity index (χ4n) is 2.64. The number of carbonyl (C=O) groups excluding carboxylic acids is 2. The van der Waals surface area contributed by atoms with E-state index in [9.17, 15) is 14.0 Å². The van der Waals surface area contributed by atoms with Crippen molar-refractivity contribution in [3.05, 3.63) is 76.9 Å². The summed E-state index contributed by atoms with van der Waals surface area (Å²) in [7, 11) is 1.58. The molecule has 0 bridgehead atoms. The molecule has 1 aromatic heterocycles. The van der Waals surface area contributed by atoms with Crippen molar-refractivity contribution in [1.29, 1.82) is 0 Å². The van der Waals surface area contributed by atoms with Crippen molar-refractivity contribution >= 4 is 23.2 Å². The summed E-state index contributed by atoms with van der Waals surface area (Å²) in [6.07, 6.45) is 0.714. The van der Waals surface area contributed by atoms with Gasteiger partial charge < -0.3 is 4.74 Å². The van der Waals surface area contributed by atoms with E-state index in [1.165, 1.54) is 23.5 Å². The molecule has 7 heteroatoms. The number of halogens is 1. The summed E-state index contributed by atoms with van der Waals surface area (Å²) in [6.45, 7) is 0. The quantitative estimate of drug-likeness (QED) is 0.618. The van der Waals surface area contributed by atoms with Gasteiger partial charge in [0.25, 0.3) is 5.91 Å². The van der Waals surface area contributed by atoms with Crippen LogP contribution in [0.15, 0.2) is 60.7 Å². The molecule has 28 heavy (non-hydrogen) atoms. The Morgan fingerprint density at radius 2 is 1.75 bits per heavy atom. The Morgan fingerprint density at radius 3 is 2.50 bits per heavy atom. The Labute approximate surface area is 166 Å². The first-order chi connectivity index (χ1) is 13.6. The predicted octanol–water partition coefficient (Wildman–Crippen LogP) is 3.96. The van der Waals surface area contributed by atoms with Gasteiger partial charge in [0.15, 0.2) is 0 Å². The Kier molecular flexibility index (Phi) is 6.39. The first kappa shape index (κ1) is 19.6. The van der Waals surface area contributed by atoms with Gasteiger partial charge in [0.2, 0.25) is 5.91 Å². The number of rotatable bonds is 6. The van der Waals surface area contributed by atoms with E-state index >= 15 is 0 Å².